The second-order valence-corrected chi connectivity index (χ2v) is 1.80. The van der Waals surface area contributed by atoms with E-state index in [1.165, 1.54) is 0 Å². The van der Waals surface area contributed by atoms with Crippen molar-refractivity contribution in [3.05, 3.63) is 0 Å². The molecule has 0 saturated carbocycles. The van der Waals surface area contributed by atoms with Crippen LogP contribution in [-0.4, -0.2) is 28.2 Å². The largest absolute Gasteiger partial charge is 0.668 e. The van der Waals surface area contributed by atoms with Gasteiger partial charge in [0, 0.05) is 27.3 Å². The maximum absolute atomic E-state index is 7.33. The monoisotopic (exact) mass is 210 g/mol. The third-order valence-corrected chi connectivity index (χ3v) is 0. The molecular weight excluding hydrogens is 204 g/mol. The fourth-order valence-electron chi connectivity index (χ4n) is 0. The fourth-order valence-corrected chi connectivity index (χ4v) is 0. The molecule has 0 amide bonds. The van der Waals surface area contributed by atoms with Crippen LogP contribution in [0.5, 0.6) is 0 Å². The third-order valence-electron chi connectivity index (χ3n) is 0. The smallest absolute Gasteiger partial charge is 0.368 e. The van der Waals surface area contributed by atoms with E-state index in [2.05, 4.69) is 0 Å². The first kappa shape index (κ1) is 10.1. The van der Waals surface area contributed by atoms with Crippen molar-refractivity contribution < 1.29 is 46.5 Å². The molecule has 0 radical (unpaired) electrons. The zero-order valence-corrected chi connectivity index (χ0v) is 8.03. The molecule has 34 valence electrons. The van der Waals surface area contributed by atoms with E-state index in [0.717, 1.165) is 0 Å². The van der Waals surface area contributed by atoms with Crippen LogP contribution in [0.4, 0.5) is 0 Å². The van der Waals surface area contributed by atoms with Gasteiger partial charge in [0.15, 0.2) is 0 Å². The van der Waals surface area contributed by atoms with Gasteiger partial charge in [0.25, 0.3) is 0 Å². The van der Waals surface area contributed by atoms with Crippen LogP contribution in [0.1, 0.15) is 0 Å². The van der Waals surface area contributed by atoms with E-state index in [9.17, 15) is 0 Å². The van der Waals surface area contributed by atoms with Crippen LogP contribution in [0.25, 0.3) is 0 Å². The molecule has 6 heavy (non-hydrogen) atoms. The molecule has 0 bridgehead atoms. The van der Waals surface area contributed by atoms with E-state index in [0.29, 0.717) is 0 Å². The number of hydrogen-bond acceptors (Lipinski definition) is 4. The Hall–Kier alpha value is 0.979. The van der Waals surface area contributed by atoms with Gasteiger partial charge in [-0.3, -0.25) is 0 Å². The van der Waals surface area contributed by atoms with Crippen LogP contribution in [0.2, 0.25) is 0 Å². The molecule has 0 aliphatic heterocycles. The summed E-state index contributed by atoms with van der Waals surface area (Å²) in [6, 6.07) is 0. The molecule has 0 aromatic carbocycles. The summed E-state index contributed by atoms with van der Waals surface area (Å²) in [4.78, 5) is 29.3. The molecule has 0 aliphatic rings. The van der Waals surface area contributed by atoms with Gasteiger partial charge in [0.05, 0.1) is 0 Å². The maximum Gasteiger partial charge on any atom is 0.668 e. The van der Waals surface area contributed by atoms with Crippen molar-refractivity contribution in [2.75, 3.05) is 0 Å². The molecule has 0 aromatic rings. The molecule has 0 heterocycles. The number of rotatable bonds is 0. The zero-order chi connectivity index (χ0) is 4.50. The first-order valence-electron chi connectivity index (χ1n) is 0.894. The van der Waals surface area contributed by atoms with E-state index >= 15 is 0 Å². The zero-order valence-electron chi connectivity index (χ0n) is 3.00. The van der Waals surface area contributed by atoms with Gasteiger partial charge in [-0.25, -0.2) is 0 Å². The van der Waals surface area contributed by atoms with E-state index in [1.54, 1.807) is 0 Å². The summed E-state index contributed by atoms with van der Waals surface area (Å²) in [6.45, 7) is 0. The van der Waals surface area contributed by atoms with Crippen LogP contribution in [0, 0.1) is 0 Å². The molecule has 4 nitrogen and oxygen atoms in total. The molecule has 0 aromatic heterocycles. The van der Waals surface area contributed by atoms with Crippen LogP contribution in [0.15, 0.2) is 0 Å². The Labute approximate surface area is 55.7 Å². The van der Waals surface area contributed by atoms with Crippen molar-refractivity contribution >= 4 is 9.05 Å². The van der Waals surface area contributed by atoms with Crippen LogP contribution in [-0.2, 0) is 27.3 Å². The molecular formula is H4CdO4Si. The Morgan fingerprint density at radius 2 is 0.833 bits per heavy atom. The van der Waals surface area contributed by atoms with Gasteiger partial charge in [0.1, 0.15) is 0 Å². The predicted molar refractivity (Wildman–Crippen MR) is 14.6 cm³/mol. The van der Waals surface area contributed by atoms with Crippen molar-refractivity contribution in [1.82, 2.24) is 0 Å². The Morgan fingerprint density at radius 3 is 0.833 bits per heavy atom. The average Bonchev–Trinajstić information content (AvgIpc) is 0.722. The molecule has 0 spiro atoms. The van der Waals surface area contributed by atoms with Crippen LogP contribution < -0.4 is 0 Å². The van der Waals surface area contributed by atoms with E-state index in [-0.39, 0.29) is 27.3 Å². The summed E-state index contributed by atoms with van der Waals surface area (Å²) in [6.07, 6.45) is 0. The molecule has 0 atom stereocenters. The molecule has 0 fully saturated rings. The van der Waals surface area contributed by atoms with E-state index in [1.807, 2.05) is 0 Å². The first-order valence-corrected chi connectivity index (χ1v) is 2.68. The predicted octanol–water partition coefficient (Wildman–Crippen LogP) is -2.61. The minimum absolute atomic E-state index is 0. The molecule has 0 rings (SSSR count). The van der Waals surface area contributed by atoms with Crippen molar-refractivity contribution in [1.29, 1.82) is 0 Å². The summed E-state index contributed by atoms with van der Waals surface area (Å²) >= 11 is 0. The average molecular weight is 209 g/mol. The quantitative estimate of drug-likeness (QED) is 0.329. The maximum atomic E-state index is 7.33. The third kappa shape index (κ3) is 82.3. The van der Waals surface area contributed by atoms with Crippen LogP contribution in [0.3, 0.4) is 0 Å². The van der Waals surface area contributed by atoms with Gasteiger partial charge in [-0.1, -0.05) is 0 Å². The molecule has 6 heteroatoms. The van der Waals surface area contributed by atoms with Crippen molar-refractivity contribution in [2.45, 2.75) is 0 Å². The Bertz CT molecular complexity index is 23.0. The molecule has 0 saturated heterocycles. The van der Waals surface area contributed by atoms with E-state index < -0.39 is 9.05 Å². The topological polar surface area (TPSA) is 80.9 Å². The molecule has 0 aliphatic carbocycles. The van der Waals surface area contributed by atoms with Gasteiger partial charge >= 0.3 is 9.05 Å². The second-order valence-electron chi connectivity index (χ2n) is 0.600. The summed E-state index contributed by atoms with van der Waals surface area (Å²) in [5, 5.41) is 0. The normalized spacial score (nSPS) is 10.0. The molecule has 4 N–H and O–H groups in total. The SMILES string of the molecule is O[Si](O)(O)O.[Cd]. The second kappa shape index (κ2) is 3.04. The first-order chi connectivity index (χ1) is 2.00. The van der Waals surface area contributed by atoms with Gasteiger partial charge in [-0.2, -0.15) is 0 Å². The van der Waals surface area contributed by atoms with Gasteiger partial charge in [-0.15, -0.1) is 0 Å². The van der Waals surface area contributed by atoms with Gasteiger partial charge in [-0.05, 0) is 0 Å². The Balaban J connectivity index is 0. The summed E-state index contributed by atoms with van der Waals surface area (Å²) in [7, 11) is -4.61. The summed E-state index contributed by atoms with van der Waals surface area (Å²) in [5.74, 6) is 0. The van der Waals surface area contributed by atoms with Crippen molar-refractivity contribution in [2.24, 2.45) is 0 Å². The van der Waals surface area contributed by atoms with Gasteiger partial charge in [0.2, 0.25) is 0 Å². The standard InChI is InChI=1S/Cd.H4O4Si/c;1-5(2,3)4/h;1-4H. The Morgan fingerprint density at radius 1 is 0.833 bits per heavy atom. The van der Waals surface area contributed by atoms with Crippen molar-refractivity contribution in [3.8, 4) is 0 Å². The summed E-state index contributed by atoms with van der Waals surface area (Å²) < 4.78 is 0. The minimum atomic E-state index is -4.61. The Kier molecular flexibility index (Phi) is 5.10. The van der Waals surface area contributed by atoms with E-state index in [4.69, 9.17) is 19.2 Å². The van der Waals surface area contributed by atoms with Gasteiger partial charge < -0.3 is 19.2 Å². The number of hydrogen-bond donors (Lipinski definition) is 4. The fraction of sp³-hybridized carbons (Fsp3) is 0. The van der Waals surface area contributed by atoms with Crippen LogP contribution >= 0.6 is 0 Å². The van der Waals surface area contributed by atoms with Crippen molar-refractivity contribution in [3.63, 3.8) is 0 Å². The summed E-state index contributed by atoms with van der Waals surface area (Å²) in [5.41, 5.74) is 0. The minimum Gasteiger partial charge on any atom is -0.368 e. The molecule has 0 unspecified atom stereocenters.